The van der Waals surface area contributed by atoms with E-state index in [2.05, 4.69) is 28.1 Å². The Hall–Kier alpha value is -0.380. The molecule has 0 aliphatic carbocycles. The predicted octanol–water partition coefficient (Wildman–Crippen LogP) is 1.28. The van der Waals surface area contributed by atoms with Gasteiger partial charge in [0.05, 0.1) is 0 Å². The number of nitrogens with two attached hydrogens (primary N) is 2. The van der Waals surface area contributed by atoms with Gasteiger partial charge in [-0.2, -0.15) is 0 Å². The standard InChI is InChI=1S/C9H13BrN2/c10-8-3-1-7(2-4-8)5-9(12)6-11/h1-4,9H,5-6,11-12H2/t9-/m0/s1. The van der Waals surface area contributed by atoms with Gasteiger partial charge in [-0.15, -0.1) is 0 Å². The highest BCUT2D eigenvalue weighted by Gasteiger charge is 2.00. The van der Waals surface area contributed by atoms with Crippen molar-refractivity contribution in [2.45, 2.75) is 12.5 Å². The summed E-state index contributed by atoms with van der Waals surface area (Å²) in [4.78, 5) is 0. The molecule has 12 heavy (non-hydrogen) atoms. The van der Waals surface area contributed by atoms with E-state index in [1.54, 1.807) is 0 Å². The Labute approximate surface area is 81.1 Å². The van der Waals surface area contributed by atoms with E-state index in [1.165, 1.54) is 5.56 Å². The van der Waals surface area contributed by atoms with Gasteiger partial charge in [0.15, 0.2) is 0 Å². The minimum absolute atomic E-state index is 0.0752. The lowest BCUT2D eigenvalue weighted by molar-refractivity contribution is 0.678. The van der Waals surface area contributed by atoms with Crippen molar-refractivity contribution in [1.29, 1.82) is 0 Å². The van der Waals surface area contributed by atoms with E-state index in [0.717, 1.165) is 10.9 Å². The molecule has 0 saturated carbocycles. The second kappa shape index (κ2) is 4.60. The smallest absolute Gasteiger partial charge is 0.0203 e. The minimum Gasteiger partial charge on any atom is -0.329 e. The van der Waals surface area contributed by atoms with Gasteiger partial charge < -0.3 is 11.5 Å². The lowest BCUT2D eigenvalue weighted by atomic mass is 10.1. The van der Waals surface area contributed by atoms with Crippen LogP contribution in [0.5, 0.6) is 0 Å². The summed E-state index contributed by atoms with van der Waals surface area (Å²) >= 11 is 3.37. The summed E-state index contributed by atoms with van der Waals surface area (Å²) in [6.07, 6.45) is 0.851. The first-order valence-corrected chi connectivity index (χ1v) is 4.71. The molecule has 0 radical (unpaired) electrons. The molecule has 0 aliphatic rings. The van der Waals surface area contributed by atoms with Gasteiger partial charge in [0, 0.05) is 17.1 Å². The van der Waals surface area contributed by atoms with Crippen LogP contribution < -0.4 is 11.5 Å². The van der Waals surface area contributed by atoms with Crippen LogP contribution >= 0.6 is 15.9 Å². The van der Waals surface area contributed by atoms with Crippen LogP contribution in [0.2, 0.25) is 0 Å². The van der Waals surface area contributed by atoms with Gasteiger partial charge in [-0.1, -0.05) is 28.1 Å². The molecule has 0 aliphatic heterocycles. The SMILES string of the molecule is NC[C@@H](N)Cc1ccc(Br)cc1. The van der Waals surface area contributed by atoms with E-state index >= 15 is 0 Å². The number of hydrogen-bond acceptors (Lipinski definition) is 2. The van der Waals surface area contributed by atoms with Gasteiger partial charge >= 0.3 is 0 Å². The molecule has 66 valence electrons. The zero-order valence-electron chi connectivity index (χ0n) is 6.83. The predicted molar refractivity (Wildman–Crippen MR) is 54.9 cm³/mol. The summed E-state index contributed by atoms with van der Waals surface area (Å²) < 4.78 is 1.09. The van der Waals surface area contributed by atoms with E-state index in [1.807, 2.05) is 12.1 Å². The first-order valence-electron chi connectivity index (χ1n) is 3.92. The third-order valence-electron chi connectivity index (χ3n) is 1.71. The number of halogens is 1. The largest absolute Gasteiger partial charge is 0.329 e. The first kappa shape index (κ1) is 9.71. The monoisotopic (exact) mass is 228 g/mol. The lowest BCUT2D eigenvalue weighted by Gasteiger charge is -2.07. The summed E-state index contributed by atoms with van der Waals surface area (Å²) in [5.41, 5.74) is 12.4. The Morgan fingerprint density at radius 2 is 1.83 bits per heavy atom. The third kappa shape index (κ3) is 2.93. The van der Waals surface area contributed by atoms with Crippen molar-refractivity contribution in [3.63, 3.8) is 0 Å². The van der Waals surface area contributed by atoms with Crippen LogP contribution in [-0.2, 0) is 6.42 Å². The number of hydrogen-bond donors (Lipinski definition) is 2. The quantitative estimate of drug-likeness (QED) is 0.820. The fourth-order valence-corrected chi connectivity index (χ4v) is 1.27. The summed E-state index contributed by atoms with van der Waals surface area (Å²) in [7, 11) is 0. The van der Waals surface area contributed by atoms with Crippen molar-refractivity contribution >= 4 is 15.9 Å². The van der Waals surface area contributed by atoms with Crippen LogP contribution in [0, 0.1) is 0 Å². The van der Waals surface area contributed by atoms with Crippen LogP contribution in [0.1, 0.15) is 5.56 Å². The van der Waals surface area contributed by atoms with E-state index in [9.17, 15) is 0 Å². The molecule has 1 aromatic carbocycles. The van der Waals surface area contributed by atoms with Crippen LogP contribution in [0.15, 0.2) is 28.7 Å². The fourth-order valence-electron chi connectivity index (χ4n) is 1.01. The van der Waals surface area contributed by atoms with E-state index in [0.29, 0.717) is 6.54 Å². The van der Waals surface area contributed by atoms with Crippen LogP contribution in [-0.4, -0.2) is 12.6 Å². The van der Waals surface area contributed by atoms with Gasteiger partial charge in [-0.05, 0) is 24.1 Å². The Balaban J connectivity index is 2.58. The highest BCUT2D eigenvalue weighted by molar-refractivity contribution is 9.10. The minimum atomic E-state index is 0.0752. The first-order chi connectivity index (χ1) is 5.72. The summed E-state index contributed by atoms with van der Waals surface area (Å²) in [6, 6.07) is 8.21. The summed E-state index contributed by atoms with van der Waals surface area (Å²) in [6.45, 7) is 0.538. The van der Waals surface area contributed by atoms with E-state index < -0.39 is 0 Å². The molecule has 0 bridgehead atoms. The summed E-state index contributed by atoms with van der Waals surface area (Å²) in [5, 5.41) is 0. The molecule has 1 atom stereocenters. The van der Waals surface area contributed by atoms with Crippen molar-refractivity contribution in [3.8, 4) is 0 Å². The zero-order valence-corrected chi connectivity index (χ0v) is 8.42. The second-order valence-corrected chi connectivity index (χ2v) is 3.74. The Morgan fingerprint density at radius 3 is 2.33 bits per heavy atom. The highest BCUT2D eigenvalue weighted by Crippen LogP contribution is 2.11. The van der Waals surface area contributed by atoms with E-state index in [4.69, 9.17) is 11.5 Å². The molecule has 0 unspecified atom stereocenters. The molecule has 4 N–H and O–H groups in total. The van der Waals surface area contributed by atoms with Crippen molar-refractivity contribution in [2.75, 3.05) is 6.54 Å². The molecule has 0 heterocycles. The molecule has 3 heteroatoms. The van der Waals surface area contributed by atoms with Crippen molar-refractivity contribution in [2.24, 2.45) is 11.5 Å². The Bertz CT molecular complexity index is 233. The maximum absolute atomic E-state index is 5.71. The molecule has 0 saturated heterocycles. The van der Waals surface area contributed by atoms with Crippen molar-refractivity contribution in [1.82, 2.24) is 0 Å². The topological polar surface area (TPSA) is 52.0 Å². The van der Waals surface area contributed by atoms with Crippen LogP contribution in [0.3, 0.4) is 0 Å². The van der Waals surface area contributed by atoms with Gasteiger partial charge in [0.1, 0.15) is 0 Å². The average molecular weight is 229 g/mol. The molecular weight excluding hydrogens is 216 g/mol. The molecule has 2 nitrogen and oxygen atoms in total. The summed E-state index contributed by atoms with van der Waals surface area (Å²) in [5.74, 6) is 0. The molecule has 0 fully saturated rings. The third-order valence-corrected chi connectivity index (χ3v) is 2.24. The second-order valence-electron chi connectivity index (χ2n) is 2.83. The van der Waals surface area contributed by atoms with Crippen LogP contribution in [0.25, 0.3) is 0 Å². The average Bonchev–Trinajstić information content (AvgIpc) is 2.09. The van der Waals surface area contributed by atoms with E-state index in [-0.39, 0.29) is 6.04 Å². The van der Waals surface area contributed by atoms with Gasteiger partial charge in [0.2, 0.25) is 0 Å². The maximum Gasteiger partial charge on any atom is 0.0203 e. The van der Waals surface area contributed by atoms with Crippen molar-refractivity contribution in [3.05, 3.63) is 34.3 Å². The Kier molecular flexibility index (Phi) is 3.72. The molecule has 1 rings (SSSR count). The maximum atomic E-state index is 5.71. The molecular formula is C9H13BrN2. The molecule has 1 aromatic rings. The zero-order chi connectivity index (χ0) is 8.97. The number of rotatable bonds is 3. The lowest BCUT2D eigenvalue weighted by Crippen LogP contribution is -2.31. The molecule has 0 aromatic heterocycles. The fraction of sp³-hybridized carbons (Fsp3) is 0.333. The Morgan fingerprint density at radius 1 is 1.25 bits per heavy atom. The van der Waals surface area contributed by atoms with Gasteiger partial charge in [-0.3, -0.25) is 0 Å². The molecule has 0 amide bonds. The van der Waals surface area contributed by atoms with Gasteiger partial charge in [-0.25, -0.2) is 0 Å². The molecule has 0 spiro atoms. The van der Waals surface area contributed by atoms with Crippen molar-refractivity contribution < 1.29 is 0 Å². The van der Waals surface area contributed by atoms with Gasteiger partial charge in [0.25, 0.3) is 0 Å². The highest BCUT2D eigenvalue weighted by atomic mass is 79.9. The number of benzene rings is 1. The van der Waals surface area contributed by atoms with Crippen LogP contribution in [0.4, 0.5) is 0 Å². The normalized spacial score (nSPS) is 12.9.